The first-order valence-corrected chi connectivity index (χ1v) is 8.71. The van der Waals surface area contributed by atoms with Crippen LogP contribution in [0.25, 0.3) is 0 Å². The first-order valence-electron chi connectivity index (χ1n) is 8.71. The van der Waals surface area contributed by atoms with E-state index >= 15 is 0 Å². The number of benzene rings is 2. The summed E-state index contributed by atoms with van der Waals surface area (Å²) in [5.41, 5.74) is 5.73. The molecule has 1 fully saturated rings. The molecule has 3 rings (SSSR count). The molecule has 26 heavy (non-hydrogen) atoms. The van der Waals surface area contributed by atoms with Crippen LogP contribution in [0.1, 0.15) is 49.8 Å². The maximum Gasteiger partial charge on any atom is 0.243 e. The number of aromatic hydroxyl groups is 2. The van der Waals surface area contributed by atoms with Gasteiger partial charge in [-0.05, 0) is 52.6 Å². The molecule has 5 heteroatoms. The Labute approximate surface area is 153 Å². The molecule has 2 aromatic rings. The standard InChI is InChI=1S/C21H24N2O3/c1-21(2,3)15-7-5-14(6-8-15)16-11-17(16)20(26)23-22-12-13-4-9-18(24)19(25)10-13/h4-10,12,16-17,24-25H,11H2,1-3H3,(H,23,26)/b22-12+/t16-,17-/m0/s1. The smallest absolute Gasteiger partial charge is 0.243 e. The van der Waals surface area contributed by atoms with E-state index in [4.69, 9.17) is 0 Å². The van der Waals surface area contributed by atoms with Crippen LogP contribution in [0.2, 0.25) is 0 Å². The minimum atomic E-state index is -0.221. The predicted molar refractivity (Wildman–Crippen MR) is 101 cm³/mol. The second-order valence-electron chi connectivity index (χ2n) is 7.80. The lowest BCUT2D eigenvalue weighted by Crippen LogP contribution is -2.20. The van der Waals surface area contributed by atoms with Crippen molar-refractivity contribution in [1.29, 1.82) is 0 Å². The molecule has 0 radical (unpaired) electrons. The van der Waals surface area contributed by atoms with Gasteiger partial charge in [0.2, 0.25) is 5.91 Å². The molecule has 1 amide bonds. The zero-order chi connectivity index (χ0) is 18.9. The Kier molecular flexibility index (Phi) is 4.72. The zero-order valence-corrected chi connectivity index (χ0v) is 15.2. The lowest BCUT2D eigenvalue weighted by Gasteiger charge is -2.19. The SMILES string of the molecule is CC(C)(C)c1ccc([C@@H]2C[C@@H]2C(=O)N/N=C/c2ccc(O)c(O)c2)cc1. The maximum absolute atomic E-state index is 12.2. The summed E-state index contributed by atoms with van der Waals surface area (Å²) in [7, 11) is 0. The molecule has 2 aromatic carbocycles. The lowest BCUT2D eigenvalue weighted by atomic mass is 9.86. The average Bonchev–Trinajstić information content (AvgIpc) is 3.38. The minimum Gasteiger partial charge on any atom is -0.504 e. The molecule has 5 nitrogen and oxygen atoms in total. The van der Waals surface area contributed by atoms with E-state index in [1.807, 2.05) is 0 Å². The molecule has 0 bridgehead atoms. The summed E-state index contributed by atoms with van der Waals surface area (Å²) in [5.74, 6) is -0.322. The van der Waals surface area contributed by atoms with Crippen molar-refractivity contribution >= 4 is 12.1 Å². The topological polar surface area (TPSA) is 81.9 Å². The van der Waals surface area contributed by atoms with Crippen molar-refractivity contribution in [3.63, 3.8) is 0 Å². The highest BCUT2D eigenvalue weighted by atomic mass is 16.3. The lowest BCUT2D eigenvalue weighted by molar-refractivity contribution is -0.122. The van der Waals surface area contributed by atoms with Gasteiger partial charge in [-0.15, -0.1) is 0 Å². The van der Waals surface area contributed by atoms with Gasteiger partial charge in [-0.3, -0.25) is 4.79 Å². The Balaban J connectivity index is 1.55. The normalized spacial score (nSPS) is 19.5. The number of hydrazone groups is 1. The fourth-order valence-electron chi connectivity index (χ4n) is 2.96. The summed E-state index contributed by atoms with van der Waals surface area (Å²) in [5, 5.41) is 22.6. The Morgan fingerprint density at radius 3 is 2.42 bits per heavy atom. The summed E-state index contributed by atoms with van der Waals surface area (Å²) in [6, 6.07) is 12.8. The number of carbonyl (C=O) groups is 1. The number of hydrogen-bond donors (Lipinski definition) is 3. The van der Waals surface area contributed by atoms with Gasteiger partial charge >= 0.3 is 0 Å². The van der Waals surface area contributed by atoms with Crippen LogP contribution in [-0.4, -0.2) is 22.3 Å². The van der Waals surface area contributed by atoms with Gasteiger partial charge in [-0.2, -0.15) is 5.10 Å². The van der Waals surface area contributed by atoms with Crippen LogP contribution in [0.4, 0.5) is 0 Å². The van der Waals surface area contributed by atoms with Gasteiger partial charge in [0.15, 0.2) is 11.5 Å². The Morgan fingerprint density at radius 2 is 1.81 bits per heavy atom. The highest BCUT2D eigenvalue weighted by Gasteiger charge is 2.43. The molecule has 0 aromatic heterocycles. The maximum atomic E-state index is 12.2. The van der Waals surface area contributed by atoms with Gasteiger partial charge in [0.05, 0.1) is 6.21 Å². The van der Waals surface area contributed by atoms with E-state index in [1.165, 1.54) is 29.5 Å². The molecular formula is C21H24N2O3. The van der Waals surface area contributed by atoms with Crippen LogP contribution in [0.15, 0.2) is 47.6 Å². The van der Waals surface area contributed by atoms with Crippen LogP contribution in [-0.2, 0) is 10.2 Å². The van der Waals surface area contributed by atoms with Crippen molar-refractivity contribution in [3.8, 4) is 11.5 Å². The highest BCUT2D eigenvalue weighted by molar-refractivity contribution is 5.86. The summed E-state index contributed by atoms with van der Waals surface area (Å²) in [6.07, 6.45) is 2.27. The molecule has 1 aliphatic carbocycles. The summed E-state index contributed by atoms with van der Waals surface area (Å²) < 4.78 is 0. The number of nitrogens with one attached hydrogen (secondary N) is 1. The van der Waals surface area contributed by atoms with E-state index in [-0.39, 0.29) is 34.7 Å². The molecule has 3 N–H and O–H groups in total. The highest BCUT2D eigenvalue weighted by Crippen LogP contribution is 2.47. The number of rotatable bonds is 4. The van der Waals surface area contributed by atoms with Crippen molar-refractivity contribution in [1.82, 2.24) is 5.43 Å². The minimum absolute atomic E-state index is 0.0548. The third kappa shape index (κ3) is 4.04. The van der Waals surface area contributed by atoms with Crippen molar-refractivity contribution in [2.45, 2.75) is 38.5 Å². The molecule has 0 heterocycles. The molecule has 0 saturated heterocycles. The number of nitrogens with zero attached hydrogens (tertiary/aromatic N) is 1. The van der Waals surface area contributed by atoms with E-state index in [0.717, 1.165) is 6.42 Å². The number of hydrogen-bond acceptors (Lipinski definition) is 4. The van der Waals surface area contributed by atoms with Crippen molar-refractivity contribution in [3.05, 3.63) is 59.2 Å². The van der Waals surface area contributed by atoms with Crippen molar-refractivity contribution in [2.75, 3.05) is 0 Å². The molecule has 0 spiro atoms. The van der Waals surface area contributed by atoms with E-state index in [2.05, 4.69) is 55.6 Å². The largest absolute Gasteiger partial charge is 0.504 e. The second kappa shape index (κ2) is 6.83. The van der Waals surface area contributed by atoms with E-state index in [1.54, 1.807) is 6.07 Å². The quantitative estimate of drug-likeness (QED) is 0.446. The number of phenols is 2. The number of phenolic OH excluding ortho intramolecular Hbond substituents is 2. The van der Waals surface area contributed by atoms with E-state index in [0.29, 0.717) is 5.56 Å². The predicted octanol–water partition coefficient (Wildman–Crippen LogP) is 3.65. The Hall–Kier alpha value is -2.82. The summed E-state index contributed by atoms with van der Waals surface area (Å²) in [6.45, 7) is 6.55. The van der Waals surface area contributed by atoms with E-state index < -0.39 is 0 Å². The molecular weight excluding hydrogens is 328 g/mol. The summed E-state index contributed by atoms with van der Waals surface area (Å²) >= 11 is 0. The first-order chi connectivity index (χ1) is 12.3. The number of amides is 1. The second-order valence-corrected chi connectivity index (χ2v) is 7.80. The molecule has 0 aliphatic heterocycles. The fourth-order valence-corrected chi connectivity index (χ4v) is 2.96. The van der Waals surface area contributed by atoms with Gasteiger partial charge in [0, 0.05) is 5.92 Å². The van der Waals surface area contributed by atoms with Crippen LogP contribution in [0.3, 0.4) is 0 Å². The van der Waals surface area contributed by atoms with Crippen LogP contribution in [0.5, 0.6) is 11.5 Å². The average molecular weight is 352 g/mol. The first kappa shape index (κ1) is 18.0. The Bertz CT molecular complexity index is 835. The van der Waals surface area contributed by atoms with E-state index in [9.17, 15) is 15.0 Å². The molecule has 0 unspecified atom stereocenters. The molecule has 2 atom stereocenters. The fraction of sp³-hybridized carbons (Fsp3) is 0.333. The molecule has 1 aliphatic rings. The van der Waals surface area contributed by atoms with Gasteiger partial charge in [0.1, 0.15) is 0 Å². The van der Waals surface area contributed by atoms with Gasteiger partial charge in [0.25, 0.3) is 0 Å². The third-order valence-corrected chi connectivity index (χ3v) is 4.72. The Morgan fingerprint density at radius 1 is 1.12 bits per heavy atom. The van der Waals surface area contributed by atoms with Crippen LogP contribution >= 0.6 is 0 Å². The van der Waals surface area contributed by atoms with Crippen LogP contribution in [0, 0.1) is 5.92 Å². The number of carbonyl (C=O) groups excluding carboxylic acids is 1. The molecule has 136 valence electrons. The van der Waals surface area contributed by atoms with Gasteiger partial charge in [-0.1, -0.05) is 45.0 Å². The summed E-state index contributed by atoms with van der Waals surface area (Å²) in [4.78, 5) is 12.2. The monoisotopic (exact) mass is 352 g/mol. The van der Waals surface area contributed by atoms with Gasteiger partial charge in [-0.25, -0.2) is 5.43 Å². The van der Waals surface area contributed by atoms with Crippen LogP contribution < -0.4 is 5.43 Å². The zero-order valence-electron chi connectivity index (χ0n) is 15.2. The van der Waals surface area contributed by atoms with Gasteiger partial charge < -0.3 is 10.2 Å². The van der Waals surface area contributed by atoms with Crippen molar-refractivity contribution in [2.24, 2.45) is 11.0 Å². The van der Waals surface area contributed by atoms with Crippen molar-refractivity contribution < 1.29 is 15.0 Å². The third-order valence-electron chi connectivity index (χ3n) is 4.72. The molecule has 1 saturated carbocycles.